The fourth-order valence-electron chi connectivity index (χ4n) is 4.82. The first kappa shape index (κ1) is 15.6. The van der Waals surface area contributed by atoms with Crippen LogP contribution in [0, 0.1) is 11.8 Å². The minimum atomic E-state index is -0.112. The third-order valence-corrected chi connectivity index (χ3v) is 6.10. The molecule has 1 aliphatic heterocycles. The summed E-state index contributed by atoms with van der Waals surface area (Å²) in [7, 11) is 0. The number of H-pyrrole nitrogens is 1. The first-order valence-corrected chi connectivity index (χ1v) is 9.52. The molecule has 2 fully saturated rings. The fourth-order valence-corrected chi connectivity index (χ4v) is 4.82. The molecule has 3 heterocycles. The van der Waals surface area contributed by atoms with Gasteiger partial charge in [0.1, 0.15) is 5.39 Å². The summed E-state index contributed by atoms with van der Waals surface area (Å²) in [5.74, 6) is 2.05. The summed E-state index contributed by atoms with van der Waals surface area (Å²) < 4.78 is 1.76. The highest BCUT2D eigenvalue weighted by Gasteiger charge is 2.41. The lowest BCUT2D eigenvalue weighted by atomic mass is 9.80. The third-order valence-electron chi connectivity index (χ3n) is 6.10. The number of nitrogens with one attached hydrogen (secondary N) is 1. The van der Waals surface area contributed by atoms with Crippen LogP contribution < -0.4 is 10.5 Å². The molecule has 1 saturated heterocycles. The summed E-state index contributed by atoms with van der Waals surface area (Å²) in [5, 5.41) is 4.94. The van der Waals surface area contributed by atoms with Crippen LogP contribution in [-0.4, -0.2) is 32.3 Å². The van der Waals surface area contributed by atoms with Gasteiger partial charge in [0.05, 0.1) is 11.9 Å². The zero-order valence-electron chi connectivity index (χ0n) is 14.9. The second-order valence-electron chi connectivity index (χ2n) is 7.66. The Labute approximate surface area is 151 Å². The Kier molecular flexibility index (Phi) is 3.58. The van der Waals surface area contributed by atoms with Crippen molar-refractivity contribution in [2.24, 2.45) is 11.8 Å². The molecule has 3 aromatic rings. The van der Waals surface area contributed by atoms with Gasteiger partial charge in [-0.1, -0.05) is 38.0 Å². The Morgan fingerprint density at radius 3 is 2.81 bits per heavy atom. The molecule has 0 radical (unpaired) electrons. The highest BCUT2D eigenvalue weighted by atomic mass is 16.1. The number of fused-ring (bicyclic) bond motifs is 2. The van der Waals surface area contributed by atoms with Crippen LogP contribution in [0.1, 0.15) is 32.6 Å². The number of benzene rings is 1. The molecule has 2 aliphatic rings. The molecule has 26 heavy (non-hydrogen) atoms. The van der Waals surface area contributed by atoms with Crippen molar-refractivity contribution < 1.29 is 0 Å². The van der Waals surface area contributed by atoms with E-state index in [-0.39, 0.29) is 5.56 Å². The molecule has 0 bridgehead atoms. The molecular formula is C20H23N5O. The van der Waals surface area contributed by atoms with Crippen LogP contribution in [0.15, 0.2) is 41.3 Å². The normalized spacial score (nSPS) is 25.6. The Hall–Kier alpha value is -2.63. The summed E-state index contributed by atoms with van der Waals surface area (Å²) in [4.78, 5) is 22.9. The van der Waals surface area contributed by atoms with Gasteiger partial charge in [-0.05, 0) is 36.8 Å². The van der Waals surface area contributed by atoms with E-state index >= 15 is 0 Å². The molecule has 3 unspecified atom stereocenters. The molecule has 1 saturated carbocycles. The van der Waals surface area contributed by atoms with Crippen LogP contribution in [0.5, 0.6) is 0 Å². The van der Waals surface area contributed by atoms with Gasteiger partial charge in [0.25, 0.3) is 5.56 Å². The molecule has 2 aromatic heterocycles. The maximum absolute atomic E-state index is 12.7. The monoisotopic (exact) mass is 349 g/mol. The molecule has 1 aromatic carbocycles. The van der Waals surface area contributed by atoms with Crippen LogP contribution in [-0.2, 0) is 0 Å². The van der Waals surface area contributed by atoms with Crippen LogP contribution in [0.4, 0.5) is 5.95 Å². The van der Waals surface area contributed by atoms with Gasteiger partial charge in [0, 0.05) is 12.6 Å². The van der Waals surface area contributed by atoms with Crippen molar-refractivity contribution in [2.75, 3.05) is 11.4 Å². The Balaban J connectivity index is 1.62. The van der Waals surface area contributed by atoms with Crippen molar-refractivity contribution in [3.05, 3.63) is 46.9 Å². The number of rotatable bonds is 2. The van der Waals surface area contributed by atoms with Gasteiger partial charge < -0.3 is 4.90 Å². The molecule has 6 heteroatoms. The number of aromatic amines is 1. The third kappa shape index (κ3) is 2.35. The lowest BCUT2D eigenvalue weighted by molar-refractivity contribution is 0.293. The fraction of sp³-hybridized carbons (Fsp3) is 0.450. The Morgan fingerprint density at radius 1 is 1.15 bits per heavy atom. The Morgan fingerprint density at radius 2 is 1.96 bits per heavy atom. The van der Waals surface area contributed by atoms with E-state index in [1.807, 2.05) is 30.3 Å². The van der Waals surface area contributed by atoms with Crippen LogP contribution in [0.25, 0.3) is 16.7 Å². The maximum Gasteiger partial charge on any atom is 0.263 e. The van der Waals surface area contributed by atoms with Crippen LogP contribution in [0.3, 0.4) is 0 Å². The highest BCUT2D eigenvalue weighted by molar-refractivity contribution is 5.76. The van der Waals surface area contributed by atoms with E-state index in [0.717, 1.165) is 12.2 Å². The van der Waals surface area contributed by atoms with Gasteiger partial charge in [-0.25, -0.2) is 4.68 Å². The smallest absolute Gasteiger partial charge is 0.263 e. The molecule has 1 N–H and O–H groups in total. The highest BCUT2D eigenvalue weighted by Crippen LogP contribution is 2.40. The summed E-state index contributed by atoms with van der Waals surface area (Å²) in [6, 6.07) is 10.3. The Bertz CT molecular complexity index is 992. The van der Waals surface area contributed by atoms with Crippen molar-refractivity contribution >= 4 is 17.0 Å². The molecule has 5 rings (SSSR count). The molecule has 1 aliphatic carbocycles. The van der Waals surface area contributed by atoms with Gasteiger partial charge in [-0.3, -0.25) is 9.78 Å². The number of nitrogens with zero attached hydrogens (tertiary/aromatic N) is 4. The number of anilines is 1. The molecule has 0 amide bonds. The molecule has 134 valence electrons. The van der Waals surface area contributed by atoms with E-state index in [4.69, 9.17) is 4.98 Å². The van der Waals surface area contributed by atoms with Crippen molar-refractivity contribution in [1.82, 2.24) is 19.7 Å². The van der Waals surface area contributed by atoms with Gasteiger partial charge >= 0.3 is 0 Å². The number of hydrogen-bond donors (Lipinski definition) is 1. The van der Waals surface area contributed by atoms with Crippen molar-refractivity contribution in [2.45, 2.75) is 38.6 Å². The van der Waals surface area contributed by atoms with E-state index in [1.165, 1.54) is 25.7 Å². The summed E-state index contributed by atoms with van der Waals surface area (Å²) in [6.07, 6.45) is 6.67. The number of aromatic nitrogens is 4. The average Bonchev–Trinajstić information content (AvgIpc) is 3.25. The predicted molar refractivity (Wildman–Crippen MR) is 102 cm³/mol. The molecule has 0 spiro atoms. The van der Waals surface area contributed by atoms with Crippen molar-refractivity contribution in [3.63, 3.8) is 0 Å². The molecular weight excluding hydrogens is 326 g/mol. The minimum Gasteiger partial charge on any atom is -0.339 e. The number of hydrogen-bond acceptors (Lipinski definition) is 4. The summed E-state index contributed by atoms with van der Waals surface area (Å²) in [6.45, 7) is 3.29. The largest absolute Gasteiger partial charge is 0.339 e. The maximum atomic E-state index is 12.7. The first-order chi connectivity index (χ1) is 12.7. The van der Waals surface area contributed by atoms with E-state index in [9.17, 15) is 4.79 Å². The summed E-state index contributed by atoms with van der Waals surface area (Å²) >= 11 is 0. The van der Waals surface area contributed by atoms with Gasteiger partial charge in [-0.15, -0.1) is 0 Å². The van der Waals surface area contributed by atoms with Gasteiger partial charge in [0.15, 0.2) is 5.65 Å². The second kappa shape index (κ2) is 5.97. The summed E-state index contributed by atoms with van der Waals surface area (Å²) in [5.41, 5.74) is 1.43. The van der Waals surface area contributed by atoms with Crippen LogP contribution >= 0.6 is 0 Å². The van der Waals surface area contributed by atoms with Gasteiger partial charge in [0.2, 0.25) is 5.95 Å². The SMILES string of the molecule is CC1CN(c2nc3c(cnn3-c3ccccc3)c(=O)[nH]2)C2CCCCC12. The number of para-hydroxylation sites is 1. The van der Waals surface area contributed by atoms with E-state index in [1.54, 1.807) is 10.9 Å². The quantitative estimate of drug-likeness (QED) is 0.772. The minimum absolute atomic E-state index is 0.112. The first-order valence-electron chi connectivity index (χ1n) is 9.52. The van der Waals surface area contributed by atoms with Crippen molar-refractivity contribution in [3.8, 4) is 5.69 Å². The molecule has 6 nitrogen and oxygen atoms in total. The predicted octanol–water partition coefficient (Wildman–Crippen LogP) is 3.12. The standard InChI is InChI=1S/C20H23N5O/c1-13-12-24(17-10-6-5-9-15(13)17)20-22-18-16(19(26)23-20)11-21-25(18)14-7-3-2-4-8-14/h2-4,7-8,11,13,15,17H,5-6,9-10,12H2,1H3,(H,22,23,26). The van der Waals surface area contributed by atoms with E-state index < -0.39 is 0 Å². The van der Waals surface area contributed by atoms with Crippen LogP contribution in [0.2, 0.25) is 0 Å². The second-order valence-corrected chi connectivity index (χ2v) is 7.66. The topological polar surface area (TPSA) is 66.8 Å². The lowest BCUT2D eigenvalue weighted by Crippen LogP contribution is -2.36. The molecule has 3 atom stereocenters. The van der Waals surface area contributed by atoms with E-state index in [0.29, 0.717) is 34.9 Å². The average molecular weight is 349 g/mol. The van der Waals surface area contributed by atoms with Gasteiger partial charge in [-0.2, -0.15) is 10.1 Å². The lowest BCUT2D eigenvalue weighted by Gasteiger charge is -2.32. The van der Waals surface area contributed by atoms with Crippen molar-refractivity contribution in [1.29, 1.82) is 0 Å². The zero-order chi connectivity index (χ0) is 17.7. The zero-order valence-corrected chi connectivity index (χ0v) is 14.9. The van der Waals surface area contributed by atoms with E-state index in [2.05, 4.69) is 21.9 Å².